The number of hydrogen-bond donors (Lipinski definition) is 3. The van der Waals surface area contributed by atoms with Crippen LogP contribution in [0.3, 0.4) is 0 Å². The van der Waals surface area contributed by atoms with Crippen molar-refractivity contribution in [2.45, 2.75) is 19.5 Å². The van der Waals surface area contributed by atoms with Crippen LogP contribution < -0.4 is 19.9 Å². The Hall–Kier alpha value is -2.44. The van der Waals surface area contributed by atoms with Crippen LogP contribution in [0.1, 0.15) is 12.5 Å². The zero-order valence-electron chi connectivity index (χ0n) is 15.9. The first kappa shape index (κ1) is 19.3. The van der Waals surface area contributed by atoms with Crippen molar-refractivity contribution < 1.29 is 23.7 Å². The fraction of sp³-hybridized carbons (Fsp3) is 0.381. The molecular formula is C21H28FN3O2+2. The van der Waals surface area contributed by atoms with Gasteiger partial charge < -0.3 is 19.9 Å². The quantitative estimate of drug-likeness (QED) is 0.675. The molecule has 1 heterocycles. The number of anilines is 1. The fourth-order valence-corrected chi connectivity index (χ4v) is 3.54. The molecule has 1 fully saturated rings. The van der Waals surface area contributed by atoms with Crippen molar-refractivity contribution in [3.05, 3.63) is 59.9 Å². The minimum Gasteiger partial charge on any atom is -0.497 e. The van der Waals surface area contributed by atoms with E-state index in [1.165, 1.54) is 27.5 Å². The molecule has 1 saturated heterocycles. The molecule has 0 spiro atoms. The molecule has 3 rings (SSSR count). The van der Waals surface area contributed by atoms with Gasteiger partial charge in [0.15, 0.2) is 6.04 Å². The van der Waals surface area contributed by atoms with Crippen LogP contribution >= 0.6 is 0 Å². The Bertz CT molecular complexity index is 741. The van der Waals surface area contributed by atoms with Crippen LogP contribution in [-0.4, -0.2) is 45.2 Å². The number of nitrogens with one attached hydrogen (secondary N) is 3. The van der Waals surface area contributed by atoms with Gasteiger partial charge in [0.1, 0.15) is 44.3 Å². The smallest absolute Gasteiger partial charge is 0.282 e. The number of methoxy groups -OCH3 is 1. The van der Waals surface area contributed by atoms with Crippen molar-refractivity contribution in [3.8, 4) is 5.75 Å². The van der Waals surface area contributed by atoms with Gasteiger partial charge >= 0.3 is 0 Å². The highest BCUT2D eigenvalue weighted by atomic mass is 19.1. The van der Waals surface area contributed by atoms with E-state index in [0.29, 0.717) is 5.69 Å². The number of halogens is 1. The third-order valence-corrected chi connectivity index (χ3v) is 5.33. The lowest BCUT2D eigenvalue weighted by Gasteiger charge is -2.32. The topological polar surface area (TPSA) is 47.2 Å². The van der Waals surface area contributed by atoms with Crippen LogP contribution in [0.2, 0.25) is 0 Å². The molecule has 1 amide bonds. The average Bonchev–Trinajstić information content (AvgIpc) is 2.70. The van der Waals surface area contributed by atoms with Gasteiger partial charge in [-0.05, 0) is 55.5 Å². The first-order chi connectivity index (χ1) is 13.0. The van der Waals surface area contributed by atoms with Crippen LogP contribution in [0.5, 0.6) is 5.75 Å². The molecule has 27 heavy (non-hydrogen) atoms. The van der Waals surface area contributed by atoms with Gasteiger partial charge in [-0.3, -0.25) is 4.79 Å². The minimum absolute atomic E-state index is 0.0183. The van der Waals surface area contributed by atoms with Gasteiger partial charge in [0, 0.05) is 11.3 Å². The molecule has 6 heteroatoms. The molecule has 5 nitrogen and oxygen atoms in total. The fourth-order valence-electron chi connectivity index (χ4n) is 3.54. The van der Waals surface area contributed by atoms with Crippen molar-refractivity contribution in [1.29, 1.82) is 0 Å². The van der Waals surface area contributed by atoms with Crippen LogP contribution in [0.25, 0.3) is 0 Å². The van der Waals surface area contributed by atoms with Gasteiger partial charge in [0.2, 0.25) is 0 Å². The molecule has 2 aromatic carbocycles. The third-order valence-electron chi connectivity index (χ3n) is 5.33. The zero-order valence-corrected chi connectivity index (χ0v) is 15.9. The Balaban J connectivity index is 1.47. The number of piperazine rings is 1. The molecule has 0 saturated carbocycles. The van der Waals surface area contributed by atoms with Crippen LogP contribution in [0.4, 0.5) is 10.1 Å². The summed E-state index contributed by atoms with van der Waals surface area (Å²) in [7, 11) is 1.68. The van der Waals surface area contributed by atoms with E-state index < -0.39 is 0 Å². The van der Waals surface area contributed by atoms with Gasteiger partial charge in [-0.15, -0.1) is 0 Å². The molecule has 3 N–H and O–H groups in total. The van der Waals surface area contributed by atoms with Gasteiger partial charge in [0.05, 0.1) is 7.11 Å². The highest BCUT2D eigenvalue weighted by Crippen LogP contribution is 2.10. The number of quaternary nitrogens is 2. The van der Waals surface area contributed by atoms with Crippen molar-refractivity contribution in [1.82, 2.24) is 0 Å². The molecule has 1 aliphatic rings. The molecule has 0 radical (unpaired) electrons. The predicted octanol–water partition coefficient (Wildman–Crippen LogP) is 0.145. The largest absolute Gasteiger partial charge is 0.497 e. The van der Waals surface area contributed by atoms with E-state index in [-0.39, 0.29) is 17.8 Å². The van der Waals surface area contributed by atoms with Crippen molar-refractivity contribution in [2.24, 2.45) is 0 Å². The zero-order chi connectivity index (χ0) is 19.2. The number of benzene rings is 2. The first-order valence-electron chi connectivity index (χ1n) is 9.42. The second-order valence-electron chi connectivity index (χ2n) is 7.15. The maximum absolute atomic E-state index is 13.0. The predicted molar refractivity (Wildman–Crippen MR) is 103 cm³/mol. The average molecular weight is 373 g/mol. The van der Waals surface area contributed by atoms with E-state index in [9.17, 15) is 9.18 Å². The number of hydrogen-bond acceptors (Lipinski definition) is 2. The number of carbonyl (C=O) groups is 1. The van der Waals surface area contributed by atoms with Crippen molar-refractivity contribution in [2.75, 3.05) is 38.6 Å². The lowest BCUT2D eigenvalue weighted by molar-refractivity contribution is -1.02. The summed E-state index contributed by atoms with van der Waals surface area (Å²) in [6.07, 6.45) is 0. The van der Waals surface area contributed by atoms with Gasteiger partial charge in [0.25, 0.3) is 5.91 Å². The number of carbonyl (C=O) groups excluding carboxylic acids is 1. The van der Waals surface area contributed by atoms with Gasteiger partial charge in [-0.1, -0.05) is 0 Å². The van der Waals surface area contributed by atoms with E-state index in [2.05, 4.69) is 17.4 Å². The Morgan fingerprint density at radius 3 is 2.30 bits per heavy atom. The number of rotatable bonds is 6. The van der Waals surface area contributed by atoms with Crippen molar-refractivity contribution in [3.63, 3.8) is 0 Å². The van der Waals surface area contributed by atoms with E-state index in [4.69, 9.17) is 4.74 Å². The molecule has 1 atom stereocenters. The Labute approximate surface area is 159 Å². The highest BCUT2D eigenvalue weighted by Gasteiger charge is 2.31. The monoisotopic (exact) mass is 373 g/mol. The SMILES string of the molecule is COc1ccc(C[NH+]2CC[NH+]([C@H](C)C(=O)Nc3ccc(F)cc3)CC2)cc1. The van der Waals surface area contributed by atoms with Gasteiger partial charge in [-0.2, -0.15) is 0 Å². The Morgan fingerprint density at radius 1 is 1.07 bits per heavy atom. The third kappa shape index (κ3) is 5.28. The summed E-state index contributed by atoms with van der Waals surface area (Å²) in [5, 5.41) is 2.88. The Kier molecular flexibility index (Phi) is 6.42. The normalized spacial score (nSPS) is 20.7. The number of ether oxygens (including phenoxy) is 1. The van der Waals surface area contributed by atoms with Gasteiger partial charge in [-0.25, -0.2) is 4.39 Å². The van der Waals surface area contributed by atoms with Crippen molar-refractivity contribution >= 4 is 11.6 Å². The molecule has 0 bridgehead atoms. The van der Waals surface area contributed by atoms with Crippen LogP contribution in [0.15, 0.2) is 48.5 Å². The molecule has 0 aliphatic carbocycles. The maximum Gasteiger partial charge on any atom is 0.282 e. The van der Waals surface area contributed by atoms with Crippen LogP contribution in [0, 0.1) is 5.82 Å². The first-order valence-corrected chi connectivity index (χ1v) is 9.42. The number of amides is 1. The standard InChI is InChI=1S/C21H26FN3O2/c1-16(21(26)23-19-7-5-18(22)6-8-19)25-13-11-24(12-14-25)15-17-3-9-20(27-2)10-4-17/h3-10,16H,11-15H2,1-2H3,(H,23,26)/p+2/t16-/m1/s1. The second-order valence-corrected chi connectivity index (χ2v) is 7.15. The molecule has 0 unspecified atom stereocenters. The van der Waals surface area contributed by atoms with E-state index in [1.54, 1.807) is 19.2 Å². The lowest BCUT2D eigenvalue weighted by atomic mass is 10.1. The lowest BCUT2D eigenvalue weighted by Crippen LogP contribution is -3.29. The van der Waals surface area contributed by atoms with Crippen LogP contribution in [-0.2, 0) is 11.3 Å². The Morgan fingerprint density at radius 2 is 1.70 bits per heavy atom. The summed E-state index contributed by atoms with van der Waals surface area (Å²) < 4.78 is 18.2. The summed E-state index contributed by atoms with van der Waals surface area (Å²) in [5.41, 5.74) is 1.94. The molecule has 144 valence electrons. The van der Waals surface area contributed by atoms with E-state index >= 15 is 0 Å². The molecule has 1 aliphatic heterocycles. The summed E-state index contributed by atoms with van der Waals surface area (Å²) in [4.78, 5) is 15.3. The maximum atomic E-state index is 13.0. The second kappa shape index (κ2) is 8.97. The van der Waals surface area contributed by atoms with E-state index in [1.807, 2.05) is 19.1 Å². The molecule has 2 aromatic rings. The summed E-state index contributed by atoms with van der Waals surface area (Å²) in [5.74, 6) is 0.557. The highest BCUT2D eigenvalue weighted by molar-refractivity contribution is 5.93. The molecule has 0 aromatic heterocycles. The summed E-state index contributed by atoms with van der Waals surface area (Å²) in [6.45, 7) is 6.95. The summed E-state index contributed by atoms with van der Waals surface area (Å²) in [6, 6.07) is 14.0. The minimum atomic E-state index is -0.303. The summed E-state index contributed by atoms with van der Waals surface area (Å²) >= 11 is 0. The molecular weight excluding hydrogens is 345 g/mol. The van der Waals surface area contributed by atoms with E-state index in [0.717, 1.165) is 38.5 Å².